The summed E-state index contributed by atoms with van der Waals surface area (Å²) in [6.07, 6.45) is 1.20. The van der Waals surface area contributed by atoms with Crippen molar-refractivity contribution in [1.29, 1.82) is 0 Å². The van der Waals surface area contributed by atoms with E-state index >= 15 is 0 Å². The van der Waals surface area contributed by atoms with Crippen molar-refractivity contribution in [2.75, 3.05) is 4.90 Å². The van der Waals surface area contributed by atoms with Gasteiger partial charge in [0.15, 0.2) is 0 Å². The Balaban J connectivity index is 0.896. The van der Waals surface area contributed by atoms with Crippen molar-refractivity contribution < 1.29 is 0 Å². The summed E-state index contributed by atoms with van der Waals surface area (Å²) in [6, 6.07) is 97.7. The second-order valence-electron chi connectivity index (χ2n) is 22.2. The molecule has 0 bridgehead atoms. The molecule has 0 radical (unpaired) electrons. The zero-order valence-electron chi connectivity index (χ0n) is 44.2. The molecule has 2 atom stereocenters. The summed E-state index contributed by atoms with van der Waals surface area (Å²) in [5.41, 5.74) is 25.6. The molecular weight excluding hydrogens is 929 g/mol. The highest BCUT2D eigenvalue weighted by Gasteiger charge is 2.51. The highest BCUT2D eigenvalue weighted by Crippen LogP contribution is 2.63. The standard InChI is InChI=1S/C75H60N2/c1-49(2)44-68(50(3)4)54-32-30-52(31-33-54)56-36-41-64-62-24-11-14-27-69(62)75(71(64)46-56)70-28-15-12-25-63(70)65-42-37-57(47-72(65)75)53-34-38-59(39-35-53)76(60-23-17-20-55(45-60)51-18-7-5-8-19-51)61-40-43-67-66-26-13-16-29-73(66)77(74(67)48-61)58-21-9-6-10-22-58/h5-43,45-50,68H,44H2,1-4H3. The topological polar surface area (TPSA) is 8.17 Å². The van der Waals surface area contributed by atoms with E-state index in [1.807, 2.05) is 0 Å². The number of fused-ring (bicyclic) bond motifs is 13. The summed E-state index contributed by atoms with van der Waals surface area (Å²) in [7, 11) is 0. The van der Waals surface area contributed by atoms with Crippen LogP contribution in [0.25, 0.3) is 83.1 Å². The van der Waals surface area contributed by atoms with Crippen molar-refractivity contribution in [3.63, 3.8) is 0 Å². The van der Waals surface area contributed by atoms with Gasteiger partial charge in [0.1, 0.15) is 0 Å². The number of para-hydroxylation sites is 2. The van der Waals surface area contributed by atoms with Crippen molar-refractivity contribution in [1.82, 2.24) is 4.57 Å². The zero-order chi connectivity index (χ0) is 51.8. The lowest BCUT2D eigenvalue weighted by Crippen LogP contribution is -2.26. The molecule has 0 amide bonds. The molecule has 12 aromatic rings. The van der Waals surface area contributed by atoms with Crippen molar-refractivity contribution >= 4 is 38.9 Å². The zero-order valence-corrected chi connectivity index (χ0v) is 44.2. The van der Waals surface area contributed by atoms with Gasteiger partial charge in [0.25, 0.3) is 0 Å². The van der Waals surface area contributed by atoms with Crippen LogP contribution in [0.1, 0.15) is 67.9 Å². The fourth-order valence-electron chi connectivity index (χ4n) is 13.4. The fraction of sp³-hybridized carbons (Fsp3) is 0.120. The van der Waals surface area contributed by atoms with Crippen LogP contribution >= 0.6 is 0 Å². The first-order valence-corrected chi connectivity index (χ1v) is 27.6. The first-order valence-electron chi connectivity index (χ1n) is 27.6. The summed E-state index contributed by atoms with van der Waals surface area (Å²) in [5.74, 6) is 1.79. The Hall–Kier alpha value is -8.98. The largest absolute Gasteiger partial charge is 0.310 e. The molecule has 0 N–H and O–H groups in total. The van der Waals surface area contributed by atoms with Gasteiger partial charge in [-0.15, -0.1) is 0 Å². The van der Waals surface area contributed by atoms with Crippen molar-refractivity contribution in [3.8, 4) is 61.3 Å². The average Bonchev–Trinajstić information content (AvgIpc) is 4.15. The molecule has 2 nitrogen and oxygen atoms in total. The number of aromatic nitrogens is 1. The van der Waals surface area contributed by atoms with Gasteiger partial charge in [-0.05, 0) is 174 Å². The van der Waals surface area contributed by atoms with Crippen LogP contribution < -0.4 is 4.90 Å². The second kappa shape index (κ2) is 18.7. The quantitative estimate of drug-likeness (QED) is 0.125. The Labute approximate surface area is 453 Å². The molecule has 2 unspecified atom stereocenters. The van der Waals surface area contributed by atoms with Gasteiger partial charge in [-0.3, -0.25) is 0 Å². The van der Waals surface area contributed by atoms with Crippen LogP contribution in [0, 0.1) is 11.8 Å². The maximum atomic E-state index is 2.52. The predicted octanol–water partition coefficient (Wildman–Crippen LogP) is 20.4. The number of rotatable bonds is 11. The van der Waals surface area contributed by atoms with E-state index in [4.69, 9.17) is 0 Å². The first kappa shape index (κ1) is 46.5. The van der Waals surface area contributed by atoms with Crippen molar-refractivity contribution in [3.05, 3.63) is 289 Å². The molecule has 0 fully saturated rings. The number of anilines is 3. The molecule has 77 heavy (non-hydrogen) atoms. The van der Waals surface area contributed by atoms with Gasteiger partial charge in [0.2, 0.25) is 0 Å². The molecule has 2 heteroatoms. The highest BCUT2D eigenvalue weighted by atomic mass is 15.1. The molecule has 1 spiro atoms. The van der Waals surface area contributed by atoms with E-state index in [0.717, 1.165) is 22.7 Å². The smallest absolute Gasteiger partial charge is 0.0725 e. The molecule has 0 saturated heterocycles. The van der Waals surface area contributed by atoms with Crippen LogP contribution in [-0.2, 0) is 5.41 Å². The average molecular weight is 989 g/mol. The maximum absolute atomic E-state index is 2.52. The first-order chi connectivity index (χ1) is 37.8. The summed E-state index contributed by atoms with van der Waals surface area (Å²) in [4.78, 5) is 2.42. The van der Waals surface area contributed by atoms with Gasteiger partial charge in [-0.2, -0.15) is 0 Å². The van der Waals surface area contributed by atoms with Gasteiger partial charge in [-0.1, -0.05) is 222 Å². The highest BCUT2D eigenvalue weighted by molar-refractivity contribution is 6.10. The second-order valence-corrected chi connectivity index (χ2v) is 22.2. The van der Waals surface area contributed by atoms with E-state index in [0.29, 0.717) is 17.8 Å². The van der Waals surface area contributed by atoms with Crippen LogP contribution in [-0.4, -0.2) is 4.57 Å². The Kier molecular flexibility index (Phi) is 11.3. The molecule has 2 aliphatic rings. The van der Waals surface area contributed by atoms with Crippen molar-refractivity contribution in [2.24, 2.45) is 11.8 Å². The van der Waals surface area contributed by atoms with Crippen LogP contribution in [0.5, 0.6) is 0 Å². The molecule has 11 aromatic carbocycles. The number of nitrogens with zero attached hydrogens (tertiary/aromatic N) is 2. The lowest BCUT2D eigenvalue weighted by atomic mass is 9.70. The minimum Gasteiger partial charge on any atom is -0.310 e. The van der Waals surface area contributed by atoms with E-state index < -0.39 is 5.41 Å². The number of hydrogen-bond donors (Lipinski definition) is 0. The summed E-state index contributed by atoms with van der Waals surface area (Å²) in [5, 5.41) is 2.47. The van der Waals surface area contributed by atoms with Gasteiger partial charge in [0.05, 0.1) is 16.4 Å². The molecular formula is C75H60N2. The summed E-state index contributed by atoms with van der Waals surface area (Å²) >= 11 is 0. The van der Waals surface area contributed by atoms with E-state index in [1.165, 1.54) is 112 Å². The van der Waals surface area contributed by atoms with Gasteiger partial charge >= 0.3 is 0 Å². The molecule has 0 aliphatic heterocycles. The molecule has 2 aliphatic carbocycles. The fourth-order valence-corrected chi connectivity index (χ4v) is 13.4. The minimum atomic E-state index is -0.481. The predicted molar refractivity (Wildman–Crippen MR) is 325 cm³/mol. The lowest BCUT2D eigenvalue weighted by molar-refractivity contribution is 0.408. The maximum Gasteiger partial charge on any atom is 0.0725 e. The SMILES string of the molecule is CC(C)CC(c1ccc(-c2ccc3c(c2)C2(c4ccccc4-3)c3ccccc3-c3ccc(-c4ccc(N(c5cccc(-c6ccccc6)c5)c5ccc6c7ccccc7n(-c7ccccc7)c6c5)cc4)cc32)cc1)C(C)C. The normalized spacial score (nSPS) is 14.5. The number of benzene rings is 11. The molecule has 370 valence electrons. The summed E-state index contributed by atoms with van der Waals surface area (Å²) < 4.78 is 2.41. The van der Waals surface area contributed by atoms with Crippen LogP contribution in [0.2, 0.25) is 0 Å². The van der Waals surface area contributed by atoms with Gasteiger partial charge in [0, 0.05) is 33.5 Å². The monoisotopic (exact) mass is 988 g/mol. The van der Waals surface area contributed by atoms with Crippen molar-refractivity contribution in [2.45, 2.75) is 45.4 Å². The number of hydrogen-bond acceptors (Lipinski definition) is 1. The summed E-state index contributed by atoms with van der Waals surface area (Å²) in [6.45, 7) is 9.42. The lowest BCUT2D eigenvalue weighted by Gasteiger charge is -2.31. The van der Waals surface area contributed by atoms with Crippen LogP contribution in [0.15, 0.2) is 261 Å². The van der Waals surface area contributed by atoms with E-state index in [-0.39, 0.29) is 0 Å². The molecule has 0 saturated carbocycles. The third kappa shape index (κ3) is 7.60. The van der Waals surface area contributed by atoms with E-state index in [9.17, 15) is 0 Å². The van der Waals surface area contributed by atoms with Gasteiger partial charge in [-0.25, -0.2) is 0 Å². The molecule has 1 heterocycles. The Morgan fingerprint density at radius 1 is 0.351 bits per heavy atom. The van der Waals surface area contributed by atoms with Crippen LogP contribution in [0.3, 0.4) is 0 Å². The molecule has 1 aromatic heterocycles. The minimum absolute atomic E-state index is 0.481. The Morgan fingerprint density at radius 2 is 0.831 bits per heavy atom. The molecule has 14 rings (SSSR count). The van der Waals surface area contributed by atoms with Gasteiger partial charge < -0.3 is 9.47 Å². The van der Waals surface area contributed by atoms with Crippen LogP contribution in [0.4, 0.5) is 17.1 Å². The third-order valence-corrected chi connectivity index (χ3v) is 16.9. The Morgan fingerprint density at radius 3 is 1.47 bits per heavy atom. The van der Waals surface area contributed by atoms with E-state index in [1.54, 1.807) is 0 Å². The Bertz CT molecular complexity index is 4170. The van der Waals surface area contributed by atoms with E-state index in [2.05, 4.69) is 298 Å². The third-order valence-electron chi connectivity index (χ3n) is 16.9.